The fourth-order valence-electron chi connectivity index (χ4n) is 1.79. The highest BCUT2D eigenvalue weighted by atomic mass is 16.1. The van der Waals surface area contributed by atoms with E-state index in [-0.39, 0.29) is 5.78 Å². The first-order valence-corrected chi connectivity index (χ1v) is 5.47. The topological polar surface area (TPSA) is 89.6 Å². The van der Waals surface area contributed by atoms with Gasteiger partial charge in [-0.15, -0.1) is 0 Å². The minimum absolute atomic E-state index is 0.0501. The molecule has 0 fully saturated rings. The van der Waals surface area contributed by atoms with Crippen LogP contribution in [0, 0.1) is 6.92 Å². The standard InChI is InChI=1S/C11H15N5O/c1-3-16-8(4-7(2)15-16)5-10(17)9-6-13-14-11(9)12/h4,6H,3,5H2,1-2H3,(H3,12,13,14). The summed E-state index contributed by atoms with van der Waals surface area (Å²) in [7, 11) is 0. The van der Waals surface area contributed by atoms with Gasteiger partial charge in [0.1, 0.15) is 5.82 Å². The van der Waals surface area contributed by atoms with Gasteiger partial charge in [0.15, 0.2) is 5.78 Å². The number of nitrogen functional groups attached to an aromatic ring is 1. The lowest BCUT2D eigenvalue weighted by molar-refractivity contribution is 0.0991. The van der Waals surface area contributed by atoms with Crippen LogP contribution in [-0.2, 0) is 13.0 Å². The van der Waals surface area contributed by atoms with Crippen molar-refractivity contribution in [2.24, 2.45) is 0 Å². The molecule has 0 unspecified atom stereocenters. The Morgan fingerprint density at radius 3 is 2.94 bits per heavy atom. The SMILES string of the molecule is CCn1nc(C)cc1CC(=O)c1cn[nH]c1N. The van der Waals surface area contributed by atoms with Gasteiger partial charge in [0.05, 0.1) is 23.9 Å². The van der Waals surface area contributed by atoms with E-state index in [1.54, 1.807) is 0 Å². The molecule has 0 aromatic carbocycles. The summed E-state index contributed by atoms with van der Waals surface area (Å²) in [5, 5.41) is 10.6. The number of carbonyl (C=O) groups excluding carboxylic acids is 1. The highest BCUT2D eigenvalue weighted by molar-refractivity contribution is 6.00. The van der Waals surface area contributed by atoms with Crippen molar-refractivity contribution in [3.8, 4) is 0 Å². The molecule has 0 radical (unpaired) electrons. The van der Waals surface area contributed by atoms with Gasteiger partial charge < -0.3 is 5.73 Å². The molecule has 0 aliphatic heterocycles. The smallest absolute Gasteiger partial charge is 0.174 e. The van der Waals surface area contributed by atoms with Gasteiger partial charge in [0.2, 0.25) is 0 Å². The zero-order chi connectivity index (χ0) is 12.4. The lowest BCUT2D eigenvalue weighted by Gasteiger charge is -2.03. The average Bonchev–Trinajstić information content (AvgIpc) is 2.84. The van der Waals surface area contributed by atoms with E-state index < -0.39 is 0 Å². The lowest BCUT2D eigenvalue weighted by Crippen LogP contribution is -2.10. The number of carbonyl (C=O) groups is 1. The molecule has 0 saturated carbocycles. The van der Waals surface area contributed by atoms with E-state index in [2.05, 4.69) is 15.3 Å². The van der Waals surface area contributed by atoms with E-state index in [0.29, 0.717) is 17.8 Å². The monoisotopic (exact) mass is 233 g/mol. The Hall–Kier alpha value is -2.11. The quantitative estimate of drug-likeness (QED) is 0.769. The average molecular weight is 233 g/mol. The van der Waals surface area contributed by atoms with Gasteiger partial charge in [-0.2, -0.15) is 10.2 Å². The Kier molecular flexibility index (Phi) is 2.95. The number of aromatic amines is 1. The predicted molar refractivity (Wildman–Crippen MR) is 63.7 cm³/mol. The second kappa shape index (κ2) is 4.40. The minimum Gasteiger partial charge on any atom is -0.383 e. The highest BCUT2D eigenvalue weighted by Crippen LogP contribution is 2.12. The van der Waals surface area contributed by atoms with Gasteiger partial charge in [0, 0.05) is 12.2 Å². The Morgan fingerprint density at radius 2 is 2.35 bits per heavy atom. The molecule has 2 heterocycles. The molecule has 0 aliphatic rings. The van der Waals surface area contributed by atoms with Gasteiger partial charge in [0.25, 0.3) is 0 Å². The highest BCUT2D eigenvalue weighted by Gasteiger charge is 2.15. The molecule has 0 saturated heterocycles. The molecule has 0 bridgehead atoms. The molecule has 0 amide bonds. The van der Waals surface area contributed by atoms with Crippen LogP contribution in [0.15, 0.2) is 12.3 Å². The third kappa shape index (κ3) is 2.20. The zero-order valence-electron chi connectivity index (χ0n) is 9.90. The van der Waals surface area contributed by atoms with Gasteiger partial charge in [-0.25, -0.2) is 0 Å². The number of rotatable bonds is 4. The van der Waals surface area contributed by atoms with Crippen LogP contribution in [0.25, 0.3) is 0 Å². The molecular weight excluding hydrogens is 218 g/mol. The summed E-state index contributed by atoms with van der Waals surface area (Å²) in [6.45, 7) is 4.65. The van der Waals surface area contributed by atoms with E-state index in [1.165, 1.54) is 6.20 Å². The number of hydrogen-bond acceptors (Lipinski definition) is 4. The van der Waals surface area contributed by atoms with Crippen molar-refractivity contribution in [2.75, 3.05) is 5.73 Å². The molecule has 0 atom stereocenters. The molecule has 0 aliphatic carbocycles. The first-order chi connectivity index (χ1) is 8.11. The van der Waals surface area contributed by atoms with Gasteiger partial charge in [-0.1, -0.05) is 0 Å². The van der Waals surface area contributed by atoms with Crippen molar-refractivity contribution in [1.29, 1.82) is 0 Å². The summed E-state index contributed by atoms with van der Waals surface area (Å²) >= 11 is 0. The first-order valence-electron chi connectivity index (χ1n) is 5.47. The van der Waals surface area contributed by atoms with Crippen LogP contribution in [0.1, 0.15) is 28.7 Å². The zero-order valence-corrected chi connectivity index (χ0v) is 9.90. The van der Waals surface area contributed by atoms with Gasteiger partial charge in [-0.3, -0.25) is 14.6 Å². The van der Waals surface area contributed by atoms with E-state index >= 15 is 0 Å². The van der Waals surface area contributed by atoms with Crippen LogP contribution in [0.5, 0.6) is 0 Å². The summed E-state index contributed by atoms with van der Waals surface area (Å²) in [5.74, 6) is 0.264. The first kappa shape index (κ1) is 11.4. The van der Waals surface area contributed by atoms with Crippen LogP contribution >= 0.6 is 0 Å². The van der Waals surface area contributed by atoms with E-state index in [9.17, 15) is 4.79 Å². The molecule has 17 heavy (non-hydrogen) atoms. The summed E-state index contributed by atoms with van der Waals surface area (Å²) in [6, 6.07) is 1.91. The second-order valence-corrected chi connectivity index (χ2v) is 3.89. The van der Waals surface area contributed by atoms with Crippen LogP contribution in [0.4, 0.5) is 5.82 Å². The second-order valence-electron chi connectivity index (χ2n) is 3.89. The molecule has 2 rings (SSSR count). The molecule has 6 nitrogen and oxygen atoms in total. The molecule has 3 N–H and O–H groups in total. The number of nitrogens with one attached hydrogen (secondary N) is 1. The number of nitrogens with zero attached hydrogens (tertiary/aromatic N) is 3. The largest absolute Gasteiger partial charge is 0.383 e. The lowest BCUT2D eigenvalue weighted by atomic mass is 10.1. The maximum absolute atomic E-state index is 12.0. The van der Waals surface area contributed by atoms with Crippen molar-refractivity contribution in [3.05, 3.63) is 29.2 Å². The number of H-pyrrole nitrogens is 1. The normalized spacial score (nSPS) is 10.7. The maximum Gasteiger partial charge on any atom is 0.174 e. The van der Waals surface area contributed by atoms with Crippen LogP contribution in [0.3, 0.4) is 0 Å². The summed E-state index contributed by atoms with van der Waals surface area (Å²) < 4.78 is 1.82. The molecule has 6 heteroatoms. The van der Waals surface area contributed by atoms with Crippen molar-refractivity contribution >= 4 is 11.6 Å². The minimum atomic E-state index is -0.0501. The molecule has 2 aromatic heterocycles. The fourth-order valence-corrected chi connectivity index (χ4v) is 1.79. The number of ketones is 1. The molecule has 0 spiro atoms. The van der Waals surface area contributed by atoms with Crippen LogP contribution in [0.2, 0.25) is 0 Å². The summed E-state index contributed by atoms with van der Waals surface area (Å²) in [4.78, 5) is 12.0. The molecule has 2 aromatic rings. The Bertz CT molecular complexity index is 540. The number of nitrogens with two attached hydrogens (primary N) is 1. The number of aryl methyl sites for hydroxylation is 2. The number of hydrogen-bond donors (Lipinski definition) is 2. The summed E-state index contributed by atoms with van der Waals surface area (Å²) in [6.07, 6.45) is 1.75. The summed E-state index contributed by atoms with van der Waals surface area (Å²) in [5.41, 5.74) is 7.86. The van der Waals surface area contributed by atoms with Crippen molar-refractivity contribution < 1.29 is 4.79 Å². The Balaban J connectivity index is 2.21. The van der Waals surface area contributed by atoms with E-state index in [0.717, 1.165) is 17.9 Å². The van der Waals surface area contributed by atoms with Crippen molar-refractivity contribution in [1.82, 2.24) is 20.0 Å². The van der Waals surface area contributed by atoms with Crippen LogP contribution in [-0.4, -0.2) is 25.8 Å². The Morgan fingerprint density at radius 1 is 1.59 bits per heavy atom. The predicted octanol–water partition coefficient (Wildman–Crippen LogP) is 0.942. The van der Waals surface area contributed by atoms with Gasteiger partial charge >= 0.3 is 0 Å². The fraction of sp³-hybridized carbons (Fsp3) is 0.364. The van der Waals surface area contributed by atoms with Gasteiger partial charge in [-0.05, 0) is 19.9 Å². The molecular formula is C11H15N5O. The van der Waals surface area contributed by atoms with Crippen molar-refractivity contribution in [2.45, 2.75) is 26.8 Å². The van der Waals surface area contributed by atoms with Crippen molar-refractivity contribution in [3.63, 3.8) is 0 Å². The molecule has 90 valence electrons. The van der Waals surface area contributed by atoms with Crippen LogP contribution < -0.4 is 5.73 Å². The number of Topliss-reactive ketones (excluding diaryl/α,β-unsaturated/α-hetero) is 1. The number of aromatic nitrogens is 4. The third-order valence-electron chi connectivity index (χ3n) is 2.60. The van der Waals surface area contributed by atoms with E-state index in [1.807, 2.05) is 24.6 Å². The third-order valence-corrected chi connectivity index (χ3v) is 2.60. The number of anilines is 1. The Labute approximate surface area is 98.8 Å². The van der Waals surface area contributed by atoms with E-state index in [4.69, 9.17) is 5.73 Å². The maximum atomic E-state index is 12.0.